The summed E-state index contributed by atoms with van der Waals surface area (Å²) in [6.07, 6.45) is 0. The van der Waals surface area contributed by atoms with Crippen molar-refractivity contribution in [3.8, 4) is 0 Å². The maximum atomic E-state index is 12.1. The van der Waals surface area contributed by atoms with Gasteiger partial charge in [0.25, 0.3) is 5.91 Å². The largest absolute Gasteiger partial charge is 0.462 e. The Balaban J connectivity index is 1.97. The van der Waals surface area contributed by atoms with E-state index in [1.54, 1.807) is 55.5 Å². The molecule has 142 valence electrons. The summed E-state index contributed by atoms with van der Waals surface area (Å²) in [5, 5.41) is 3.33. The minimum absolute atomic E-state index is 0.167. The molecule has 0 aliphatic carbocycles. The van der Waals surface area contributed by atoms with E-state index in [0.717, 1.165) is 0 Å². The Bertz CT molecular complexity index is 804. The van der Waals surface area contributed by atoms with Gasteiger partial charge in [-0.05, 0) is 55.5 Å². The van der Waals surface area contributed by atoms with Crippen LogP contribution in [0.15, 0.2) is 48.5 Å². The lowest BCUT2D eigenvalue weighted by atomic mass is 10.2. The third-order valence-corrected chi connectivity index (χ3v) is 4.05. The fraction of sp³-hybridized carbons (Fsp3) is 0.250. The van der Waals surface area contributed by atoms with Gasteiger partial charge in [0.1, 0.15) is 0 Å². The number of esters is 1. The SMILES string of the molecule is CCOC(=O)c1ccc(N(CCNC(=O)c2ccc(Cl)cc2)C(C)=O)cc1. The molecule has 0 saturated heterocycles. The van der Waals surface area contributed by atoms with Gasteiger partial charge in [-0.1, -0.05) is 11.6 Å². The van der Waals surface area contributed by atoms with E-state index in [2.05, 4.69) is 5.32 Å². The summed E-state index contributed by atoms with van der Waals surface area (Å²) in [5.74, 6) is -0.818. The van der Waals surface area contributed by atoms with Crippen LogP contribution >= 0.6 is 11.6 Å². The lowest BCUT2D eigenvalue weighted by molar-refractivity contribution is -0.116. The Morgan fingerprint density at radius 1 is 1.00 bits per heavy atom. The topological polar surface area (TPSA) is 75.7 Å². The summed E-state index contributed by atoms with van der Waals surface area (Å²) in [5.41, 5.74) is 1.55. The van der Waals surface area contributed by atoms with Gasteiger partial charge in [0.2, 0.25) is 5.91 Å². The number of halogens is 1. The summed E-state index contributed by atoms with van der Waals surface area (Å²) in [4.78, 5) is 37.3. The van der Waals surface area contributed by atoms with Crippen molar-refractivity contribution in [2.24, 2.45) is 0 Å². The molecule has 0 bridgehead atoms. The summed E-state index contributed by atoms with van der Waals surface area (Å²) in [7, 11) is 0. The van der Waals surface area contributed by atoms with Crippen molar-refractivity contribution < 1.29 is 19.1 Å². The van der Waals surface area contributed by atoms with E-state index in [1.807, 2.05) is 0 Å². The molecular formula is C20H21ClN2O4. The van der Waals surface area contributed by atoms with Crippen LogP contribution in [0.3, 0.4) is 0 Å². The predicted molar refractivity (Wildman–Crippen MR) is 104 cm³/mol. The van der Waals surface area contributed by atoms with E-state index in [-0.39, 0.29) is 18.4 Å². The number of anilines is 1. The number of rotatable bonds is 7. The molecule has 0 aliphatic heterocycles. The number of hydrogen-bond acceptors (Lipinski definition) is 4. The number of nitrogens with one attached hydrogen (secondary N) is 1. The highest BCUT2D eigenvalue weighted by atomic mass is 35.5. The van der Waals surface area contributed by atoms with Gasteiger partial charge in [-0.3, -0.25) is 9.59 Å². The second kappa shape index (κ2) is 9.73. The first-order chi connectivity index (χ1) is 12.9. The maximum absolute atomic E-state index is 12.1. The van der Waals surface area contributed by atoms with Gasteiger partial charge >= 0.3 is 5.97 Å². The van der Waals surface area contributed by atoms with Crippen LogP contribution in [0.25, 0.3) is 0 Å². The van der Waals surface area contributed by atoms with Crippen molar-refractivity contribution in [2.45, 2.75) is 13.8 Å². The molecule has 0 heterocycles. The number of benzene rings is 2. The molecule has 7 heteroatoms. The number of ether oxygens (including phenoxy) is 1. The van der Waals surface area contributed by atoms with Crippen LogP contribution in [0.1, 0.15) is 34.6 Å². The van der Waals surface area contributed by atoms with Crippen LogP contribution in [-0.4, -0.2) is 37.5 Å². The average molecular weight is 389 g/mol. The molecule has 2 rings (SSSR count). The van der Waals surface area contributed by atoms with E-state index in [1.165, 1.54) is 11.8 Å². The Hall–Kier alpha value is -2.86. The molecule has 0 saturated carbocycles. The smallest absolute Gasteiger partial charge is 0.338 e. The van der Waals surface area contributed by atoms with Gasteiger partial charge in [-0.15, -0.1) is 0 Å². The standard InChI is InChI=1S/C20H21ClN2O4/c1-3-27-20(26)16-6-10-18(11-7-16)23(14(2)24)13-12-22-19(25)15-4-8-17(21)9-5-15/h4-11H,3,12-13H2,1-2H3,(H,22,25). The van der Waals surface area contributed by atoms with Gasteiger partial charge < -0.3 is 15.0 Å². The number of nitrogens with zero attached hydrogens (tertiary/aromatic N) is 1. The molecule has 0 atom stereocenters. The molecule has 0 unspecified atom stereocenters. The lowest BCUT2D eigenvalue weighted by Gasteiger charge is -2.21. The molecule has 6 nitrogen and oxygen atoms in total. The highest BCUT2D eigenvalue weighted by Gasteiger charge is 2.14. The van der Waals surface area contributed by atoms with Crippen molar-refractivity contribution in [3.05, 3.63) is 64.7 Å². The number of amides is 2. The van der Waals surface area contributed by atoms with Crippen molar-refractivity contribution in [1.29, 1.82) is 0 Å². The first-order valence-electron chi connectivity index (χ1n) is 8.51. The number of carbonyl (C=O) groups is 3. The molecule has 0 fully saturated rings. The van der Waals surface area contributed by atoms with Gasteiger partial charge in [-0.2, -0.15) is 0 Å². The lowest BCUT2D eigenvalue weighted by Crippen LogP contribution is -2.37. The minimum Gasteiger partial charge on any atom is -0.462 e. The fourth-order valence-electron chi connectivity index (χ4n) is 2.44. The monoisotopic (exact) mass is 388 g/mol. The van der Waals surface area contributed by atoms with Crippen LogP contribution in [-0.2, 0) is 9.53 Å². The van der Waals surface area contributed by atoms with E-state index in [4.69, 9.17) is 16.3 Å². The van der Waals surface area contributed by atoms with Crippen LogP contribution in [0.4, 0.5) is 5.69 Å². The second-order valence-corrected chi connectivity index (χ2v) is 6.14. The Labute approximate surface area is 163 Å². The zero-order valence-electron chi connectivity index (χ0n) is 15.2. The van der Waals surface area contributed by atoms with E-state index >= 15 is 0 Å². The number of hydrogen-bond donors (Lipinski definition) is 1. The number of carbonyl (C=O) groups excluding carboxylic acids is 3. The van der Waals surface area contributed by atoms with Gasteiger partial charge in [0, 0.05) is 36.3 Å². The third kappa shape index (κ3) is 5.82. The first kappa shape index (κ1) is 20.5. The second-order valence-electron chi connectivity index (χ2n) is 5.70. The van der Waals surface area contributed by atoms with Gasteiger partial charge in [-0.25, -0.2) is 4.79 Å². The predicted octanol–water partition coefficient (Wildman–Crippen LogP) is 3.30. The molecule has 0 aliphatic rings. The molecular weight excluding hydrogens is 368 g/mol. The average Bonchev–Trinajstić information content (AvgIpc) is 2.65. The van der Waals surface area contributed by atoms with Crippen molar-refractivity contribution in [1.82, 2.24) is 5.32 Å². The Morgan fingerprint density at radius 3 is 2.15 bits per heavy atom. The first-order valence-corrected chi connectivity index (χ1v) is 8.89. The maximum Gasteiger partial charge on any atom is 0.338 e. The summed E-state index contributed by atoms with van der Waals surface area (Å²) in [6.45, 7) is 4.06. The quantitative estimate of drug-likeness (QED) is 0.738. The zero-order chi connectivity index (χ0) is 19.8. The third-order valence-electron chi connectivity index (χ3n) is 3.80. The summed E-state index contributed by atoms with van der Waals surface area (Å²) < 4.78 is 4.94. The van der Waals surface area contributed by atoms with Crippen LogP contribution < -0.4 is 10.2 Å². The molecule has 2 aromatic carbocycles. The zero-order valence-corrected chi connectivity index (χ0v) is 16.0. The Kier molecular flexibility index (Phi) is 7.37. The summed E-state index contributed by atoms with van der Waals surface area (Å²) >= 11 is 5.81. The normalized spacial score (nSPS) is 10.2. The van der Waals surface area contributed by atoms with Crippen LogP contribution in [0.5, 0.6) is 0 Å². The van der Waals surface area contributed by atoms with Gasteiger partial charge in [0.05, 0.1) is 12.2 Å². The molecule has 2 amide bonds. The molecule has 2 aromatic rings. The highest BCUT2D eigenvalue weighted by Crippen LogP contribution is 2.16. The Morgan fingerprint density at radius 2 is 1.59 bits per heavy atom. The van der Waals surface area contributed by atoms with Crippen molar-refractivity contribution in [2.75, 3.05) is 24.6 Å². The molecule has 0 aromatic heterocycles. The van der Waals surface area contributed by atoms with E-state index < -0.39 is 5.97 Å². The minimum atomic E-state index is -0.409. The van der Waals surface area contributed by atoms with Crippen LogP contribution in [0, 0.1) is 0 Å². The van der Waals surface area contributed by atoms with Crippen LogP contribution in [0.2, 0.25) is 5.02 Å². The van der Waals surface area contributed by atoms with Gasteiger partial charge in [0.15, 0.2) is 0 Å². The molecule has 27 heavy (non-hydrogen) atoms. The summed E-state index contributed by atoms with van der Waals surface area (Å²) in [6, 6.07) is 13.1. The molecule has 0 radical (unpaired) electrons. The highest BCUT2D eigenvalue weighted by molar-refractivity contribution is 6.30. The van der Waals surface area contributed by atoms with E-state index in [9.17, 15) is 14.4 Å². The molecule has 1 N–H and O–H groups in total. The van der Waals surface area contributed by atoms with Crippen molar-refractivity contribution >= 4 is 35.1 Å². The van der Waals surface area contributed by atoms with Crippen molar-refractivity contribution in [3.63, 3.8) is 0 Å². The molecule has 0 spiro atoms. The fourth-order valence-corrected chi connectivity index (χ4v) is 2.57. The van der Waals surface area contributed by atoms with E-state index in [0.29, 0.717) is 35.0 Å².